The molecule has 0 spiro atoms. The minimum atomic E-state index is 0.267. The lowest BCUT2D eigenvalue weighted by Gasteiger charge is -2.06. The number of benzene rings is 1. The van der Waals surface area contributed by atoms with Crippen LogP contribution in [0.5, 0.6) is 5.75 Å². The monoisotopic (exact) mass is 190 g/mol. The van der Waals surface area contributed by atoms with E-state index < -0.39 is 0 Å². The summed E-state index contributed by atoms with van der Waals surface area (Å²) in [6.45, 7) is 1.98. The molecular weight excluding hydrogens is 176 g/mol. The Labute approximate surface area is 83.9 Å². The Morgan fingerprint density at radius 2 is 2.14 bits per heavy atom. The molecule has 1 aromatic carbocycles. The summed E-state index contributed by atoms with van der Waals surface area (Å²) in [6, 6.07) is 5.67. The van der Waals surface area contributed by atoms with Crippen LogP contribution in [0.2, 0.25) is 0 Å². The van der Waals surface area contributed by atoms with E-state index in [9.17, 15) is 4.79 Å². The molecule has 0 unspecified atom stereocenters. The first kappa shape index (κ1) is 9.25. The molecule has 0 aliphatic heterocycles. The predicted molar refractivity (Wildman–Crippen MR) is 54.8 cm³/mol. The van der Waals surface area contributed by atoms with Crippen molar-refractivity contribution in [2.45, 2.75) is 19.8 Å². The molecule has 2 nitrogen and oxygen atoms in total. The number of hydrogen-bond acceptors (Lipinski definition) is 2. The van der Waals surface area contributed by atoms with Gasteiger partial charge < -0.3 is 4.74 Å². The van der Waals surface area contributed by atoms with Crippen molar-refractivity contribution >= 4 is 5.78 Å². The summed E-state index contributed by atoms with van der Waals surface area (Å²) < 4.78 is 5.18. The lowest BCUT2D eigenvalue weighted by atomic mass is 10.0. The molecular formula is C12H14O2. The van der Waals surface area contributed by atoms with Gasteiger partial charge in [-0.3, -0.25) is 4.79 Å². The highest BCUT2D eigenvalue weighted by molar-refractivity contribution is 5.99. The van der Waals surface area contributed by atoms with E-state index in [0.717, 1.165) is 29.7 Å². The Morgan fingerprint density at radius 1 is 1.43 bits per heavy atom. The van der Waals surface area contributed by atoms with E-state index in [0.29, 0.717) is 0 Å². The zero-order valence-corrected chi connectivity index (χ0v) is 8.54. The smallest absolute Gasteiger partial charge is 0.166 e. The molecule has 0 N–H and O–H groups in total. The number of hydrogen-bond donors (Lipinski definition) is 0. The second-order valence-electron chi connectivity index (χ2n) is 3.82. The molecule has 1 saturated carbocycles. The zero-order valence-electron chi connectivity index (χ0n) is 8.54. The molecule has 2 rings (SSSR count). The van der Waals surface area contributed by atoms with E-state index in [-0.39, 0.29) is 11.7 Å². The summed E-state index contributed by atoms with van der Waals surface area (Å²) in [7, 11) is 1.63. The Bertz CT molecular complexity index is 365. The van der Waals surface area contributed by atoms with Gasteiger partial charge in [0.05, 0.1) is 7.11 Å². The molecule has 0 saturated heterocycles. The standard InChI is InChI=1S/C12H14O2/c1-8-3-4-10(7-11(8)14-2)12(13)9-5-6-9/h3-4,7,9H,5-6H2,1-2H3. The molecule has 0 aromatic heterocycles. The Morgan fingerprint density at radius 3 is 2.71 bits per heavy atom. The number of carbonyl (C=O) groups is 1. The Hall–Kier alpha value is -1.31. The normalized spacial score (nSPS) is 15.3. The highest BCUT2D eigenvalue weighted by Crippen LogP contribution is 2.33. The van der Waals surface area contributed by atoms with E-state index in [1.165, 1.54) is 0 Å². The molecule has 74 valence electrons. The van der Waals surface area contributed by atoms with Crippen LogP contribution in [0.25, 0.3) is 0 Å². The summed E-state index contributed by atoms with van der Waals surface area (Å²) >= 11 is 0. The van der Waals surface area contributed by atoms with E-state index in [1.807, 2.05) is 25.1 Å². The van der Waals surface area contributed by atoms with E-state index >= 15 is 0 Å². The summed E-state index contributed by atoms with van der Waals surface area (Å²) in [5.74, 6) is 1.35. The molecule has 0 atom stereocenters. The second-order valence-corrected chi connectivity index (χ2v) is 3.82. The lowest BCUT2D eigenvalue weighted by Crippen LogP contribution is -2.01. The van der Waals surface area contributed by atoms with Crippen LogP contribution in [0, 0.1) is 12.8 Å². The van der Waals surface area contributed by atoms with Gasteiger partial charge in [-0.15, -0.1) is 0 Å². The molecule has 1 aliphatic rings. The number of ether oxygens (including phenoxy) is 1. The van der Waals surface area contributed by atoms with Crippen molar-refractivity contribution in [1.82, 2.24) is 0 Å². The first-order valence-electron chi connectivity index (χ1n) is 4.91. The SMILES string of the molecule is COc1cc(C(=O)C2CC2)ccc1C. The fraction of sp³-hybridized carbons (Fsp3) is 0.417. The minimum Gasteiger partial charge on any atom is -0.496 e. The number of aryl methyl sites for hydroxylation is 1. The maximum absolute atomic E-state index is 11.7. The van der Waals surface area contributed by atoms with Crippen molar-refractivity contribution < 1.29 is 9.53 Å². The maximum atomic E-state index is 11.7. The van der Waals surface area contributed by atoms with Gasteiger partial charge in [0.25, 0.3) is 0 Å². The third-order valence-electron chi connectivity index (χ3n) is 2.64. The van der Waals surface area contributed by atoms with Crippen molar-refractivity contribution in [3.63, 3.8) is 0 Å². The van der Waals surface area contributed by atoms with Crippen LogP contribution in [0.1, 0.15) is 28.8 Å². The van der Waals surface area contributed by atoms with Crippen molar-refractivity contribution in [3.8, 4) is 5.75 Å². The van der Waals surface area contributed by atoms with Gasteiger partial charge in [-0.2, -0.15) is 0 Å². The topological polar surface area (TPSA) is 26.3 Å². The van der Waals surface area contributed by atoms with Crippen molar-refractivity contribution in [2.75, 3.05) is 7.11 Å². The summed E-state index contributed by atoms with van der Waals surface area (Å²) in [4.78, 5) is 11.7. The number of Topliss-reactive ketones (excluding diaryl/α,β-unsaturated/α-hetero) is 1. The highest BCUT2D eigenvalue weighted by atomic mass is 16.5. The van der Waals surface area contributed by atoms with Gasteiger partial charge in [-0.05, 0) is 31.4 Å². The Kier molecular flexibility index (Phi) is 2.28. The molecule has 0 amide bonds. The third-order valence-corrected chi connectivity index (χ3v) is 2.64. The van der Waals surface area contributed by atoms with Crippen LogP contribution in [0.3, 0.4) is 0 Å². The second kappa shape index (κ2) is 3.45. The van der Waals surface area contributed by atoms with Crippen LogP contribution >= 0.6 is 0 Å². The summed E-state index contributed by atoms with van der Waals surface area (Å²) in [6.07, 6.45) is 2.10. The first-order valence-corrected chi connectivity index (χ1v) is 4.91. The fourth-order valence-electron chi connectivity index (χ4n) is 1.55. The Balaban J connectivity index is 2.29. The van der Waals surface area contributed by atoms with E-state index in [4.69, 9.17) is 4.74 Å². The average molecular weight is 190 g/mol. The highest BCUT2D eigenvalue weighted by Gasteiger charge is 2.30. The lowest BCUT2D eigenvalue weighted by molar-refractivity contribution is 0.0967. The van der Waals surface area contributed by atoms with E-state index in [1.54, 1.807) is 7.11 Å². The molecule has 0 radical (unpaired) electrons. The third kappa shape index (κ3) is 1.65. The van der Waals surface area contributed by atoms with Crippen LogP contribution in [-0.4, -0.2) is 12.9 Å². The van der Waals surface area contributed by atoms with Gasteiger partial charge in [0.15, 0.2) is 5.78 Å². The maximum Gasteiger partial charge on any atom is 0.166 e. The molecule has 2 heteroatoms. The zero-order chi connectivity index (χ0) is 10.1. The van der Waals surface area contributed by atoms with Gasteiger partial charge in [0.1, 0.15) is 5.75 Å². The van der Waals surface area contributed by atoms with Crippen LogP contribution < -0.4 is 4.74 Å². The summed E-state index contributed by atoms with van der Waals surface area (Å²) in [5.41, 5.74) is 1.86. The summed E-state index contributed by atoms with van der Waals surface area (Å²) in [5, 5.41) is 0. The number of carbonyl (C=O) groups excluding carboxylic acids is 1. The van der Waals surface area contributed by atoms with Gasteiger partial charge >= 0.3 is 0 Å². The van der Waals surface area contributed by atoms with Crippen LogP contribution in [0.15, 0.2) is 18.2 Å². The molecule has 0 bridgehead atoms. The van der Waals surface area contributed by atoms with Gasteiger partial charge in [-0.25, -0.2) is 0 Å². The molecule has 1 aromatic rings. The molecule has 14 heavy (non-hydrogen) atoms. The largest absolute Gasteiger partial charge is 0.496 e. The van der Waals surface area contributed by atoms with Crippen molar-refractivity contribution in [1.29, 1.82) is 0 Å². The average Bonchev–Trinajstić information content (AvgIpc) is 3.01. The number of methoxy groups -OCH3 is 1. The molecule has 0 heterocycles. The van der Waals surface area contributed by atoms with Crippen molar-refractivity contribution in [3.05, 3.63) is 29.3 Å². The number of rotatable bonds is 3. The predicted octanol–water partition coefficient (Wildman–Crippen LogP) is 2.60. The minimum absolute atomic E-state index is 0.267. The quantitative estimate of drug-likeness (QED) is 0.685. The number of ketones is 1. The van der Waals surface area contributed by atoms with E-state index in [2.05, 4.69) is 0 Å². The van der Waals surface area contributed by atoms with Crippen LogP contribution in [0.4, 0.5) is 0 Å². The molecule has 1 fully saturated rings. The fourth-order valence-corrected chi connectivity index (χ4v) is 1.55. The first-order chi connectivity index (χ1) is 6.72. The van der Waals surface area contributed by atoms with Gasteiger partial charge in [0, 0.05) is 11.5 Å². The van der Waals surface area contributed by atoms with Crippen molar-refractivity contribution in [2.24, 2.45) is 5.92 Å². The van der Waals surface area contributed by atoms with Gasteiger partial charge in [-0.1, -0.05) is 12.1 Å². The molecule has 1 aliphatic carbocycles. The van der Waals surface area contributed by atoms with Gasteiger partial charge in [0.2, 0.25) is 0 Å². The van der Waals surface area contributed by atoms with Crippen LogP contribution in [-0.2, 0) is 0 Å².